The quantitative estimate of drug-likeness (QED) is 0.400. The van der Waals surface area contributed by atoms with Crippen LogP contribution in [0.5, 0.6) is 0 Å². The standard InChI is InChI=1S/C26H26N2O3/c1-5-27-17-11-15(3)23-21(13-17)31-22-14-18(28-6-2)12-16(4)24(22)25(23)19-9-7-8-10-20(19)26(29)30/h7-14,27H,5-6H2,1-4H3,(H,29,30). The molecule has 4 rings (SSSR count). The van der Waals surface area contributed by atoms with Gasteiger partial charge < -0.3 is 14.8 Å². The van der Waals surface area contributed by atoms with E-state index in [1.807, 2.05) is 58.0 Å². The highest BCUT2D eigenvalue weighted by molar-refractivity contribution is 6.09. The molecule has 5 nitrogen and oxygen atoms in total. The van der Waals surface area contributed by atoms with Crippen LogP contribution < -0.4 is 10.7 Å². The lowest BCUT2D eigenvalue weighted by atomic mass is 9.87. The minimum Gasteiger partial charge on any atom is -0.478 e. The van der Waals surface area contributed by atoms with Crippen LogP contribution in [0.1, 0.15) is 35.3 Å². The van der Waals surface area contributed by atoms with Gasteiger partial charge in [-0.3, -0.25) is 4.99 Å². The molecule has 0 aromatic heterocycles. The van der Waals surface area contributed by atoms with Gasteiger partial charge in [-0.2, -0.15) is 0 Å². The fourth-order valence-corrected chi connectivity index (χ4v) is 4.27. The fourth-order valence-electron chi connectivity index (χ4n) is 4.27. The Bertz CT molecular complexity index is 1330. The van der Waals surface area contributed by atoms with Gasteiger partial charge in [-0.1, -0.05) is 18.2 Å². The van der Waals surface area contributed by atoms with Crippen LogP contribution >= 0.6 is 0 Å². The van der Waals surface area contributed by atoms with Gasteiger partial charge in [0.25, 0.3) is 0 Å². The molecule has 2 N–H and O–H groups in total. The minimum atomic E-state index is -0.949. The van der Waals surface area contributed by atoms with Crippen LogP contribution in [0.4, 0.5) is 5.69 Å². The van der Waals surface area contributed by atoms with E-state index in [2.05, 4.69) is 16.4 Å². The highest BCUT2D eigenvalue weighted by Crippen LogP contribution is 2.44. The topological polar surface area (TPSA) is 74.8 Å². The van der Waals surface area contributed by atoms with E-state index in [4.69, 9.17) is 4.42 Å². The van der Waals surface area contributed by atoms with Crippen molar-refractivity contribution in [3.8, 4) is 22.5 Å². The Morgan fingerprint density at radius 3 is 2.52 bits per heavy atom. The van der Waals surface area contributed by atoms with Gasteiger partial charge in [0.2, 0.25) is 0 Å². The van der Waals surface area contributed by atoms with Crippen molar-refractivity contribution in [2.24, 2.45) is 4.99 Å². The first kappa shape index (κ1) is 20.7. The normalized spacial score (nSPS) is 11.9. The molecule has 1 aliphatic heterocycles. The summed E-state index contributed by atoms with van der Waals surface area (Å²) in [5.74, 6) is -0.252. The zero-order valence-corrected chi connectivity index (χ0v) is 18.2. The Kier molecular flexibility index (Phi) is 5.51. The maximum Gasteiger partial charge on any atom is 0.336 e. The van der Waals surface area contributed by atoms with Crippen molar-refractivity contribution < 1.29 is 14.3 Å². The summed E-state index contributed by atoms with van der Waals surface area (Å²) in [5.41, 5.74) is 6.46. The van der Waals surface area contributed by atoms with Crippen LogP contribution in [0, 0.1) is 13.8 Å². The number of nitrogens with one attached hydrogen (secondary N) is 1. The summed E-state index contributed by atoms with van der Waals surface area (Å²) in [6.07, 6.45) is 0. The molecule has 0 unspecified atom stereocenters. The molecule has 0 fully saturated rings. The summed E-state index contributed by atoms with van der Waals surface area (Å²) in [4.78, 5) is 16.6. The number of carboxylic acid groups (broad SMARTS) is 1. The molecule has 2 aromatic rings. The van der Waals surface area contributed by atoms with Crippen molar-refractivity contribution in [3.05, 3.63) is 70.6 Å². The van der Waals surface area contributed by atoms with Gasteiger partial charge >= 0.3 is 5.97 Å². The Morgan fingerprint density at radius 2 is 1.81 bits per heavy atom. The van der Waals surface area contributed by atoms with Crippen LogP contribution in [0.15, 0.2) is 57.9 Å². The summed E-state index contributed by atoms with van der Waals surface area (Å²) in [5, 5.41) is 15.0. The average Bonchev–Trinajstić information content (AvgIpc) is 2.72. The first-order chi connectivity index (χ1) is 14.9. The Balaban J connectivity index is 2.23. The van der Waals surface area contributed by atoms with Crippen molar-refractivity contribution in [1.82, 2.24) is 0 Å². The number of aryl methyl sites for hydroxylation is 2. The molecular weight excluding hydrogens is 388 g/mol. The van der Waals surface area contributed by atoms with Gasteiger partial charge in [0, 0.05) is 47.4 Å². The third-order valence-corrected chi connectivity index (χ3v) is 5.45. The summed E-state index contributed by atoms with van der Waals surface area (Å²) in [6, 6.07) is 15.2. The van der Waals surface area contributed by atoms with E-state index in [1.54, 1.807) is 12.1 Å². The van der Waals surface area contributed by atoms with Crippen LogP contribution in [0.25, 0.3) is 33.4 Å². The van der Waals surface area contributed by atoms with E-state index in [9.17, 15) is 9.90 Å². The molecule has 0 atom stereocenters. The molecule has 31 heavy (non-hydrogen) atoms. The molecule has 0 saturated heterocycles. The summed E-state index contributed by atoms with van der Waals surface area (Å²) in [6.45, 7) is 9.58. The highest BCUT2D eigenvalue weighted by Gasteiger charge is 2.24. The van der Waals surface area contributed by atoms with E-state index in [-0.39, 0.29) is 5.56 Å². The van der Waals surface area contributed by atoms with E-state index < -0.39 is 5.97 Å². The molecule has 0 saturated carbocycles. The molecule has 1 aliphatic carbocycles. The predicted octanol–water partition coefficient (Wildman–Crippen LogP) is 5.87. The molecule has 0 bridgehead atoms. The second-order valence-electron chi connectivity index (χ2n) is 7.63. The van der Waals surface area contributed by atoms with E-state index >= 15 is 0 Å². The number of hydrogen-bond acceptors (Lipinski definition) is 4. The molecule has 158 valence electrons. The third kappa shape index (κ3) is 3.67. The van der Waals surface area contributed by atoms with Gasteiger partial charge in [0.05, 0.1) is 10.9 Å². The van der Waals surface area contributed by atoms with Crippen molar-refractivity contribution in [3.63, 3.8) is 0 Å². The second kappa shape index (κ2) is 8.26. The molecule has 2 aliphatic rings. The number of anilines is 1. The summed E-state index contributed by atoms with van der Waals surface area (Å²) < 4.78 is 6.40. The number of rotatable bonds is 5. The molecule has 0 radical (unpaired) electrons. The lowest BCUT2D eigenvalue weighted by Gasteiger charge is -2.20. The number of nitrogens with zero attached hydrogens (tertiary/aromatic N) is 1. The number of carboxylic acids is 1. The van der Waals surface area contributed by atoms with Crippen molar-refractivity contribution >= 4 is 22.6 Å². The van der Waals surface area contributed by atoms with Crippen molar-refractivity contribution in [2.75, 3.05) is 18.4 Å². The number of hydrogen-bond donors (Lipinski definition) is 2. The van der Waals surface area contributed by atoms with E-state index in [1.165, 1.54) is 0 Å². The lowest BCUT2D eigenvalue weighted by Crippen LogP contribution is -2.08. The Hall–Kier alpha value is -3.60. The Morgan fingerprint density at radius 1 is 1.03 bits per heavy atom. The molecule has 0 amide bonds. The largest absolute Gasteiger partial charge is 0.478 e. The van der Waals surface area contributed by atoms with Crippen LogP contribution in [0.2, 0.25) is 0 Å². The van der Waals surface area contributed by atoms with Crippen LogP contribution in [-0.2, 0) is 0 Å². The maximum atomic E-state index is 12.1. The number of fused-ring (bicyclic) bond motifs is 2. The zero-order chi connectivity index (χ0) is 22.1. The monoisotopic (exact) mass is 414 g/mol. The zero-order valence-electron chi connectivity index (χ0n) is 18.2. The fraction of sp³-hybridized carbons (Fsp3) is 0.231. The number of carbonyl (C=O) groups is 1. The van der Waals surface area contributed by atoms with Crippen molar-refractivity contribution in [2.45, 2.75) is 27.7 Å². The van der Waals surface area contributed by atoms with Crippen molar-refractivity contribution in [1.29, 1.82) is 0 Å². The molecule has 1 heterocycles. The minimum absolute atomic E-state index is 0.271. The first-order valence-electron chi connectivity index (χ1n) is 10.5. The number of benzene rings is 3. The molecule has 0 spiro atoms. The van der Waals surface area contributed by atoms with Gasteiger partial charge in [-0.15, -0.1) is 0 Å². The second-order valence-corrected chi connectivity index (χ2v) is 7.63. The first-order valence-corrected chi connectivity index (χ1v) is 10.5. The molecular formula is C26H26N2O3. The maximum absolute atomic E-state index is 12.1. The predicted molar refractivity (Wildman–Crippen MR) is 125 cm³/mol. The van der Waals surface area contributed by atoms with Gasteiger partial charge in [0.1, 0.15) is 11.3 Å². The average molecular weight is 415 g/mol. The Labute approximate surface area is 181 Å². The van der Waals surface area contributed by atoms with E-state index in [0.717, 1.165) is 45.2 Å². The van der Waals surface area contributed by atoms with Gasteiger partial charge in [-0.25, -0.2) is 4.79 Å². The van der Waals surface area contributed by atoms with Gasteiger partial charge in [0.15, 0.2) is 0 Å². The smallest absolute Gasteiger partial charge is 0.336 e. The van der Waals surface area contributed by atoms with Gasteiger partial charge in [-0.05, 0) is 62.6 Å². The summed E-state index contributed by atoms with van der Waals surface area (Å²) >= 11 is 0. The lowest BCUT2D eigenvalue weighted by molar-refractivity contribution is 0.0697. The third-order valence-electron chi connectivity index (χ3n) is 5.45. The summed E-state index contributed by atoms with van der Waals surface area (Å²) in [7, 11) is 0. The van der Waals surface area contributed by atoms with Crippen LogP contribution in [-0.4, -0.2) is 24.2 Å². The number of aromatic carboxylic acids is 1. The SMILES string of the molecule is CCN=c1cc2oc3cc(NCC)cc(C)c3c(-c3ccccc3C(=O)O)c-2c(C)c1. The van der Waals surface area contributed by atoms with E-state index in [0.29, 0.717) is 23.5 Å². The molecule has 2 aromatic carbocycles. The highest BCUT2D eigenvalue weighted by atomic mass is 16.4. The molecule has 5 heteroatoms. The van der Waals surface area contributed by atoms with Crippen LogP contribution in [0.3, 0.4) is 0 Å².